The van der Waals surface area contributed by atoms with E-state index in [9.17, 15) is 0 Å². The van der Waals surface area contributed by atoms with Crippen molar-refractivity contribution in [1.82, 2.24) is 9.97 Å². The van der Waals surface area contributed by atoms with E-state index in [0.29, 0.717) is 6.61 Å². The largest absolute Gasteiger partial charge is 0.492 e. The zero-order valence-electron chi connectivity index (χ0n) is 18.8. The monoisotopic (exact) mass is 535 g/mol. The number of allylic oxidation sites excluding steroid dienone is 1. The van der Waals surface area contributed by atoms with Crippen molar-refractivity contribution < 1.29 is 4.74 Å². The molecule has 0 radical (unpaired) electrons. The molecule has 4 rings (SSSR count). The van der Waals surface area contributed by atoms with Crippen LogP contribution in [0.3, 0.4) is 0 Å². The van der Waals surface area contributed by atoms with Crippen LogP contribution in [0.4, 0.5) is 0 Å². The van der Waals surface area contributed by atoms with E-state index in [4.69, 9.17) is 14.7 Å². The fourth-order valence-corrected chi connectivity index (χ4v) is 5.02. The van der Waals surface area contributed by atoms with Gasteiger partial charge in [0.05, 0.1) is 23.2 Å². The Balaban J connectivity index is 1.79. The first kappa shape index (κ1) is 22.4. The Morgan fingerprint density at radius 2 is 1.69 bits per heavy atom. The maximum absolute atomic E-state index is 5.79. The summed E-state index contributed by atoms with van der Waals surface area (Å²) in [5.74, 6) is 0.758. The summed E-state index contributed by atoms with van der Waals surface area (Å²) in [6.45, 7) is 6.98. The molecule has 0 N–H and O–H groups in total. The molecule has 0 atom stereocenters. The van der Waals surface area contributed by atoms with Crippen molar-refractivity contribution >= 4 is 56.4 Å². The van der Waals surface area contributed by atoms with E-state index in [1.54, 1.807) is 0 Å². The van der Waals surface area contributed by atoms with Gasteiger partial charge in [-0.15, -0.1) is 0 Å². The summed E-state index contributed by atoms with van der Waals surface area (Å²) >= 11 is 2.40. The Bertz CT molecular complexity index is 1340. The maximum atomic E-state index is 5.79. The van der Waals surface area contributed by atoms with Crippen LogP contribution in [0.2, 0.25) is 0 Å². The fraction of sp³-hybridized carbons (Fsp3) is 0.222. The molecule has 1 aromatic heterocycles. The van der Waals surface area contributed by atoms with Gasteiger partial charge in [-0.05, 0) is 65.4 Å². The van der Waals surface area contributed by atoms with Crippen LogP contribution in [0.25, 0.3) is 28.1 Å². The van der Waals surface area contributed by atoms with Crippen LogP contribution in [0.15, 0.2) is 71.7 Å². The number of para-hydroxylation sites is 2. The van der Waals surface area contributed by atoms with Gasteiger partial charge in [0.15, 0.2) is 0 Å². The summed E-state index contributed by atoms with van der Waals surface area (Å²) in [5, 5.41) is 0. The molecular formula is C27H26IN3O. The highest BCUT2D eigenvalue weighted by Crippen LogP contribution is 2.31. The highest BCUT2D eigenvalue weighted by molar-refractivity contribution is 14.1. The smallest absolute Gasteiger partial charge is 0.147 e. The minimum atomic E-state index is -0.228. The van der Waals surface area contributed by atoms with Crippen LogP contribution in [-0.4, -0.2) is 29.3 Å². The normalized spacial score (nSPS) is 12.7. The third-order valence-corrected chi connectivity index (χ3v) is 6.58. The van der Waals surface area contributed by atoms with E-state index in [1.807, 2.05) is 44.3 Å². The quantitative estimate of drug-likeness (QED) is 0.154. The first-order chi connectivity index (χ1) is 15.5. The first-order valence-electron chi connectivity index (χ1n) is 10.7. The Morgan fingerprint density at radius 1 is 0.969 bits per heavy atom. The molecule has 0 saturated heterocycles. The lowest BCUT2D eigenvalue weighted by atomic mass is 9.79. The van der Waals surface area contributed by atoms with Gasteiger partial charge in [0.2, 0.25) is 0 Å². The lowest BCUT2D eigenvalue weighted by molar-refractivity contribution is 0.343. The second-order valence-electron chi connectivity index (χ2n) is 8.04. The van der Waals surface area contributed by atoms with Crippen molar-refractivity contribution in [2.75, 3.05) is 13.7 Å². The highest BCUT2D eigenvalue weighted by Gasteiger charge is 2.27. The van der Waals surface area contributed by atoms with Crippen LogP contribution in [-0.2, 0) is 5.41 Å². The molecule has 0 amide bonds. The molecule has 5 heteroatoms. The zero-order chi connectivity index (χ0) is 22.7. The number of halogens is 1. The van der Waals surface area contributed by atoms with Gasteiger partial charge in [0.25, 0.3) is 0 Å². The van der Waals surface area contributed by atoms with Gasteiger partial charge in [-0.1, -0.05) is 56.3 Å². The minimum Gasteiger partial charge on any atom is -0.492 e. The number of hydrogen-bond donors (Lipinski definition) is 0. The topological polar surface area (TPSA) is 47.4 Å². The molecule has 162 valence electrons. The van der Waals surface area contributed by atoms with E-state index in [-0.39, 0.29) is 5.41 Å². The van der Waals surface area contributed by atoms with Gasteiger partial charge in [-0.25, -0.2) is 9.97 Å². The number of hydrogen-bond acceptors (Lipinski definition) is 4. The Morgan fingerprint density at radius 3 is 2.41 bits per heavy atom. The molecule has 4 nitrogen and oxygen atoms in total. The van der Waals surface area contributed by atoms with E-state index >= 15 is 0 Å². The summed E-state index contributed by atoms with van der Waals surface area (Å²) in [6, 6.07) is 20.4. The van der Waals surface area contributed by atoms with Gasteiger partial charge in [0, 0.05) is 27.3 Å². The maximum Gasteiger partial charge on any atom is 0.147 e. The van der Waals surface area contributed by atoms with Crippen LogP contribution in [0, 0.1) is 3.57 Å². The lowest BCUT2D eigenvalue weighted by Crippen LogP contribution is -2.28. The van der Waals surface area contributed by atoms with Crippen molar-refractivity contribution in [2.24, 2.45) is 4.99 Å². The number of aliphatic imine (C=N–C) groups is 1. The van der Waals surface area contributed by atoms with Crippen LogP contribution >= 0.6 is 22.6 Å². The zero-order valence-corrected chi connectivity index (χ0v) is 20.9. The van der Waals surface area contributed by atoms with Crippen molar-refractivity contribution in [2.45, 2.75) is 26.2 Å². The van der Waals surface area contributed by atoms with E-state index in [1.165, 1.54) is 9.13 Å². The first-order valence-corrected chi connectivity index (χ1v) is 11.8. The predicted molar refractivity (Wildman–Crippen MR) is 143 cm³/mol. The van der Waals surface area contributed by atoms with Crippen LogP contribution < -0.4 is 4.74 Å². The second kappa shape index (κ2) is 9.36. The lowest BCUT2D eigenvalue weighted by Gasteiger charge is -2.27. The average molecular weight is 535 g/mol. The number of rotatable bonds is 6. The molecule has 0 aliphatic heterocycles. The van der Waals surface area contributed by atoms with E-state index in [0.717, 1.165) is 39.1 Å². The Labute approximate surface area is 202 Å². The third kappa shape index (κ3) is 4.26. The molecule has 1 heterocycles. The van der Waals surface area contributed by atoms with E-state index < -0.39 is 0 Å². The fourth-order valence-electron chi connectivity index (χ4n) is 3.96. The molecule has 0 bridgehead atoms. The van der Waals surface area contributed by atoms with Crippen LogP contribution in [0.1, 0.15) is 31.9 Å². The van der Waals surface area contributed by atoms with Crippen molar-refractivity contribution in [3.05, 3.63) is 81.4 Å². The van der Waals surface area contributed by atoms with Crippen molar-refractivity contribution in [3.63, 3.8) is 0 Å². The second-order valence-corrected chi connectivity index (χ2v) is 9.20. The Kier molecular flexibility index (Phi) is 6.55. The SMILES string of the molecule is CCOc1cccc2nc3cccc(/C=C/C(=NC)C(C)(C)c4ccccc4I)c3nc12. The predicted octanol–water partition coefficient (Wildman–Crippen LogP) is 6.85. The van der Waals surface area contributed by atoms with Gasteiger partial charge >= 0.3 is 0 Å². The molecule has 0 saturated carbocycles. The summed E-state index contributed by atoms with van der Waals surface area (Å²) in [6.07, 6.45) is 4.18. The average Bonchev–Trinajstić information content (AvgIpc) is 2.79. The molecule has 4 aromatic rings. The van der Waals surface area contributed by atoms with Gasteiger partial charge in [0.1, 0.15) is 11.3 Å². The summed E-state index contributed by atoms with van der Waals surface area (Å²) in [4.78, 5) is 14.4. The summed E-state index contributed by atoms with van der Waals surface area (Å²) in [5.41, 5.74) is 6.37. The summed E-state index contributed by atoms with van der Waals surface area (Å²) < 4.78 is 7.02. The summed E-state index contributed by atoms with van der Waals surface area (Å²) in [7, 11) is 1.85. The van der Waals surface area contributed by atoms with Crippen molar-refractivity contribution in [1.29, 1.82) is 0 Å². The molecule has 32 heavy (non-hydrogen) atoms. The molecular weight excluding hydrogens is 509 g/mol. The van der Waals surface area contributed by atoms with Gasteiger partial charge in [-0.3, -0.25) is 4.99 Å². The molecule has 0 fully saturated rings. The standard InChI is InChI=1S/C27H26IN3O/c1-5-32-23-15-9-14-22-26(23)31-25-18(10-8-13-21(25)30-22)16-17-24(29-4)27(2,3)19-11-6-7-12-20(19)28/h6-17H,5H2,1-4H3/b17-16+,29-24?. The number of fused-ring (bicyclic) bond motifs is 2. The van der Waals surface area contributed by atoms with Crippen molar-refractivity contribution in [3.8, 4) is 5.75 Å². The van der Waals surface area contributed by atoms with Gasteiger partial charge in [-0.2, -0.15) is 0 Å². The number of nitrogens with zero attached hydrogens (tertiary/aromatic N) is 3. The number of benzene rings is 3. The van der Waals surface area contributed by atoms with Crippen LogP contribution in [0.5, 0.6) is 5.75 Å². The number of aromatic nitrogens is 2. The molecule has 0 unspecified atom stereocenters. The van der Waals surface area contributed by atoms with E-state index in [2.05, 4.69) is 83.9 Å². The Hall–Kier alpha value is -2.80. The minimum absolute atomic E-state index is 0.228. The number of ether oxygens (including phenoxy) is 1. The van der Waals surface area contributed by atoms with Gasteiger partial charge < -0.3 is 4.74 Å². The molecule has 0 aliphatic carbocycles. The highest BCUT2D eigenvalue weighted by atomic mass is 127. The molecule has 0 spiro atoms. The third-order valence-electron chi connectivity index (χ3n) is 5.64. The molecule has 0 aliphatic rings. The molecule has 3 aromatic carbocycles.